The first-order chi connectivity index (χ1) is 17.5. The summed E-state index contributed by atoms with van der Waals surface area (Å²) < 4.78 is 0. The molecule has 36 heavy (non-hydrogen) atoms. The number of benzene rings is 3. The topological polar surface area (TPSA) is 49.3 Å². The minimum absolute atomic E-state index is 0.0304. The number of hydrogen-bond donors (Lipinski definition) is 0. The molecule has 4 aromatic rings. The van der Waals surface area contributed by atoms with Gasteiger partial charge in [-0.3, -0.25) is 4.79 Å². The first-order valence-electron chi connectivity index (χ1n) is 11.8. The highest BCUT2D eigenvalue weighted by molar-refractivity contribution is 7.98. The second-order valence-corrected chi connectivity index (χ2v) is 9.99. The van der Waals surface area contributed by atoms with Gasteiger partial charge in [-0.15, -0.1) is 0 Å². The van der Waals surface area contributed by atoms with E-state index in [4.69, 9.17) is 11.6 Å². The van der Waals surface area contributed by atoms with Gasteiger partial charge in [-0.1, -0.05) is 96.2 Å². The molecule has 0 unspecified atom stereocenters. The number of carbonyl (C=O) groups excluding carboxylic acids is 1. The molecule has 3 aromatic carbocycles. The summed E-state index contributed by atoms with van der Waals surface area (Å²) >= 11 is 7.67. The van der Waals surface area contributed by atoms with Gasteiger partial charge in [0.2, 0.25) is 0 Å². The molecule has 5 nitrogen and oxygen atoms in total. The van der Waals surface area contributed by atoms with Crippen molar-refractivity contribution in [1.82, 2.24) is 14.9 Å². The largest absolute Gasteiger partial charge is 0.363 e. The predicted octanol–water partition coefficient (Wildman–Crippen LogP) is 6.37. The summed E-state index contributed by atoms with van der Waals surface area (Å²) in [5.41, 5.74) is 4.11. The van der Waals surface area contributed by atoms with Crippen molar-refractivity contribution < 1.29 is 4.79 Å². The lowest BCUT2D eigenvalue weighted by Crippen LogP contribution is -2.32. The van der Waals surface area contributed by atoms with E-state index in [1.165, 1.54) is 17.3 Å². The fourth-order valence-corrected chi connectivity index (χ4v) is 4.75. The van der Waals surface area contributed by atoms with Gasteiger partial charge >= 0.3 is 0 Å². The fraction of sp³-hybridized carbons (Fsp3) is 0.207. The van der Waals surface area contributed by atoms with Gasteiger partial charge in [0, 0.05) is 44.6 Å². The quantitative estimate of drug-likeness (QED) is 0.139. The normalized spacial score (nSPS) is 10.8. The van der Waals surface area contributed by atoms with Crippen LogP contribution >= 0.6 is 23.4 Å². The zero-order chi connectivity index (χ0) is 25.3. The van der Waals surface area contributed by atoms with Gasteiger partial charge in [0.05, 0.1) is 0 Å². The molecule has 0 aliphatic heterocycles. The Bertz CT molecular complexity index is 1270. The summed E-state index contributed by atoms with van der Waals surface area (Å²) in [6, 6.07) is 29.9. The minimum Gasteiger partial charge on any atom is -0.363 e. The molecule has 0 bridgehead atoms. The van der Waals surface area contributed by atoms with E-state index in [1.807, 2.05) is 84.6 Å². The van der Waals surface area contributed by atoms with E-state index in [2.05, 4.69) is 34.2 Å². The van der Waals surface area contributed by atoms with Crippen LogP contribution in [0.1, 0.15) is 27.0 Å². The van der Waals surface area contributed by atoms with Crippen LogP contribution in [0.2, 0.25) is 5.15 Å². The zero-order valence-corrected chi connectivity index (χ0v) is 22.0. The molecule has 184 valence electrons. The number of halogens is 1. The number of carbonyl (C=O) groups is 1. The van der Waals surface area contributed by atoms with Gasteiger partial charge in [-0.2, -0.15) is 0 Å². The standard InChI is InChI=1S/C29H29ClN4OS/c1-33(2)27-19-26(30)31-29(32-27)36-21-24-13-15-25(16-14-24)28(35)34(20-23-11-7-4-8-12-23)18-17-22-9-5-3-6-10-22/h3-16,19H,17-18,20-21H2,1-2H3. The van der Waals surface area contributed by atoms with Crippen LogP contribution in [0.25, 0.3) is 0 Å². The van der Waals surface area contributed by atoms with Crippen LogP contribution < -0.4 is 4.90 Å². The van der Waals surface area contributed by atoms with E-state index in [0.29, 0.717) is 34.7 Å². The SMILES string of the molecule is CN(C)c1cc(Cl)nc(SCc2ccc(C(=O)N(CCc3ccccc3)Cc3ccccc3)cc2)n1. The maximum Gasteiger partial charge on any atom is 0.254 e. The van der Waals surface area contributed by atoms with E-state index in [9.17, 15) is 4.79 Å². The molecule has 0 radical (unpaired) electrons. The Morgan fingerprint density at radius 2 is 1.47 bits per heavy atom. The Morgan fingerprint density at radius 1 is 0.833 bits per heavy atom. The van der Waals surface area contributed by atoms with Crippen LogP contribution in [-0.2, 0) is 18.7 Å². The van der Waals surface area contributed by atoms with Gasteiger partial charge in [0.15, 0.2) is 5.16 Å². The Morgan fingerprint density at radius 3 is 2.11 bits per heavy atom. The summed E-state index contributed by atoms with van der Waals surface area (Å²) in [6.45, 7) is 1.22. The number of thioether (sulfide) groups is 1. The van der Waals surface area contributed by atoms with Crippen molar-refractivity contribution in [3.63, 3.8) is 0 Å². The lowest BCUT2D eigenvalue weighted by Gasteiger charge is -2.23. The predicted molar refractivity (Wildman–Crippen MR) is 149 cm³/mol. The number of nitrogens with zero attached hydrogens (tertiary/aromatic N) is 4. The number of rotatable bonds is 10. The monoisotopic (exact) mass is 516 g/mol. The van der Waals surface area contributed by atoms with Crippen LogP contribution in [0.5, 0.6) is 0 Å². The number of anilines is 1. The fourth-order valence-electron chi connectivity index (χ4n) is 3.72. The van der Waals surface area contributed by atoms with Gasteiger partial charge in [0.25, 0.3) is 5.91 Å². The molecule has 0 spiro atoms. The first kappa shape index (κ1) is 25.7. The van der Waals surface area contributed by atoms with Crippen LogP contribution in [0.4, 0.5) is 5.82 Å². The van der Waals surface area contributed by atoms with Crippen molar-refractivity contribution in [2.24, 2.45) is 0 Å². The summed E-state index contributed by atoms with van der Waals surface area (Å²) in [7, 11) is 3.84. The molecule has 0 aliphatic rings. The van der Waals surface area contributed by atoms with Crippen LogP contribution in [-0.4, -0.2) is 41.4 Å². The molecule has 0 aliphatic carbocycles. The van der Waals surface area contributed by atoms with Crippen molar-refractivity contribution in [1.29, 1.82) is 0 Å². The van der Waals surface area contributed by atoms with Gasteiger partial charge in [0.1, 0.15) is 11.0 Å². The van der Waals surface area contributed by atoms with Crippen LogP contribution in [0.15, 0.2) is 96.2 Å². The molecule has 1 aromatic heterocycles. The highest BCUT2D eigenvalue weighted by Crippen LogP contribution is 2.24. The molecule has 1 amide bonds. The van der Waals surface area contributed by atoms with Crippen molar-refractivity contribution in [3.05, 3.63) is 118 Å². The molecule has 0 atom stereocenters. The Hall–Kier alpha value is -3.35. The lowest BCUT2D eigenvalue weighted by molar-refractivity contribution is 0.0745. The van der Waals surface area contributed by atoms with E-state index < -0.39 is 0 Å². The molecular weight excluding hydrogens is 488 g/mol. The van der Waals surface area contributed by atoms with E-state index in [1.54, 1.807) is 6.07 Å². The van der Waals surface area contributed by atoms with Crippen molar-refractivity contribution >= 4 is 35.1 Å². The van der Waals surface area contributed by atoms with Crippen LogP contribution in [0.3, 0.4) is 0 Å². The highest BCUT2D eigenvalue weighted by Gasteiger charge is 2.16. The van der Waals surface area contributed by atoms with Gasteiger partial charge in [-0.25, -0.2) is 9.97 Å². The molecule has 1 heterocycles. The second-order valence-electron chi connectivity index (χ2n) is 8.66. The summed E-state index contributed by atoms with van der Waals surface area (Å²) in [4.78, 5) is 26.2. The molecule has 0 N–H and O–H groups in total. The number of aromatic nitrogens is 2. The number of amides is 1. The lowest BCUT2D eigenvalue weighted by atomic mass is 10.1. The molecule has 4 rings (SSSR count). The van der Waals surface area contributed by atoms with Gasteiger partial charge < -0.3 is 9.80 Å². The minimum atomic E-state index is 0.0304. The Labute approximate surface area is 222 Å². The molecule has 0 saturated carbocycles. The average Bonchev–Trinajstić information content (AvgIpc) is 2.90. The second kappa shape index (κ2) is 12.6. The van der Waals surface area contributed by atoms with Crippen molar-refractivity contribution in [2.45, 2.75) is 23.9 Å². The van der Waals surface area contributed by atoms with E-state index in [0.717, 1.165) is 23.4 Å². The third-order valence-electron chi connectivity index (χ3n) is 5.70. The Balaban J connectivity index is 1.43. The van der Waals surface area contributed by atoms with Crippen molar-refractivity contribution in [3.8, 4) is 0 Å². The maximum atomic E-state index is 13.5. The first-order valence-corrected chi connectivity index (χ1v) is 13.1. The van der Waals surface area contributed by atoms with Crippen LogP contribution in [0, 0.1) is 0 Å². The van der Waals surface area contributed by atoms with Crippen molar-refractivity contribution in [2.75, 3.05) is 25.5 Å². The third kappa shape index (κ3) is 7.33. The van der Waals surface area contributed by atoms with Gasteiger partial charge in [-0.05, 0) is 35.2 Å². The highest BCUT2D eigenvalue weighted by atomic mass is 35.5. The molecule has 0 saturated heterocycles. The molecular formula is C29H29ClN4OS. The van der Waals surface area contributed by atoms with E-state index in [-0.39, 0.29) is 5.91 Å². The summed E-state index contributed by atoms with van der Waals surface area (Å²) in [5.74, 6) is 1.49. The average molecular weight is 517 g/mol. The summed E-state index contributed by atoms with van der Waals surface area (Å²) in [6.07, 6.45) is 0.808. The summed E-state index contributed by atoms with van der Waals surface area (Å²) in [5, 5.41) is 1.05. The number of hydrogen-bond acceptors (Lipinski definition) is 5. The smallest absolute Gasteiger partial charge is 0.254 e. The maximum absolute atomic E-state index is 13.5. The molecule has 0 fully saturated rings. The molecule has 7 heteroatoms. The zero-order valence-electron chi connectivity index (χ0n) is 20.5. The Kier molecular flexibility index (Phi) is 8.98. The van der Waals surface area contributed by atoms with E-state index >= 15 is 0 Å². The third-order valence-corrected chi connectivity index (χ3v) is 6.82.